The smallest absolute Gasteiger partial charge is 0.125 e. The Bertz CT molecular complexity index is 576. The van der Waals surface area contributed by atoms with E-state index in [4.69, 9.17) is 17.4 Å². The highest BCUT2D eigenvalue weighted by molar-refractivity contribution is 6.31. The molecule has 0 amide bonds. The van der Waals surface area contributed by atoms with Gasteiger partial charge in [-0.15, -0.1) is 0 Å². The molecule has 2 aromatic rings. The Hall–Kier alpha value is -1.56. The zero-order valence-electron chi connectivity index (χ0n) is 10.4. The summed E-state index contributed by atoms with van der Waals surface area (Å²) in [6.07, 6.45) is 2.19. The van der Waals surface area contributed by atoms with Crippen LogP contribution in [0.5, 0.6) is 0 Å². The van der Waals surface area contributed by atoms with E-state index in [1.165, 1.54) is 12.1 Å². The highest BCUT2D eigenvalue weighted by atomic mass is 35.5. The minimum atomic E-state index is -0.358. The van der Waals surface area contributed by atoms with Gasteiger partial charge < -0.3 is 0 Å². The molecule has 1 aromatic heterocycles. The summed E-state index contributed by atoms with van der Waals surface area (Å²) in [7, 11) is 0. The number of nitrogens with one attached hydrogen (secondary N) is 1. The molecule has 2 rings (SSSR count). The number of hydrazine groups is 1. The first-order valence-corrected chi connectivity index (χ1v) is 6.17. The van der Waals surface area contributed by atoms with Crippen molar-refractivity contribution in [3.63, 3.8) is 0 Å². The average molecular weight is 281 g/mol. The Morgan fingerprint density at radius 3 is 2.84 bits per heavy atom. The molecule has 0 radical (unpaired) electrons. The van der Waals surface area contributed by atoms with Gasteiger partial charge >= 0.3 is 0 Å². The summed E-state index contributed by atoms with van der Waals surface area (Å²) in [6, 6.07) is 5.89. The molecule has 0 aliphatic heterocycles. The topological polar surface area (TPSA) is 63.8 Å². The van der Waals surface area contributed by atoms with Crippen molar-refractivity contribution in [2.75, 3.05) is 0 Å². The van der Waals surface area contributed by atoms with Crippen molar-refractivity contribution in [3.8, 4) is 0 Å². The summed E-state index contributed by atoms with van der Waals surface area (Å²) < 4.78 is 13.0. The van der Waals surface area contributed by atoms with E-state index in [-0.39, 0.29) is 11.9 Å². The predicted octanol–water partition coefficient (Wildman–Crippen LogP) is 2.32. The molecule has 0 saturated heterocycles. The molecule has 0 saturated carbocycles. The second-order valence-corrected chi connectivity index (χ2v) is 4.60. The first kappa shape index (κ1) is 13.9. The van der Waals surface area contributed by atoms with Gasteiger partial charge in [0.15, 0.2) is 0 Å². The fraction of sp³-hybridized carbons (Fsp3) is 0.231. The molecule has 0 aliphatic carbocycles. The average Bonchev–Trinajstić information content (AvgIpc) is 2.38. The van der Waals surface area contributed by atoms with Crippen LogP contribution in [0, 0.1) is 12.7 Å². The number of benzene rings is 1. The van der Waals surface area contributed by atoms with Crippen LogP contribution >= 0.6 is 11.6 Å². The van der Waals surface area contributed by atoms with Crippen molar-refractivity contribution in [3.05, 3.63) is 58.4 Å². The molecule has 19 heavy (non-hydrogen) atoms. The van der Waals surface area contributed by atoms with E-state index in [2.05, 4.69) is 15.4 Å². The first-order chi connectivity index (χ1) is 9.10. The van der Waals surface area contributed by atoms with Crippen LogP contribution < -0.4 is 11.3 Å². The third-order valence-corrected chi connectivity index (χ3v) is 3.15. The number of nitrogens with zero attached hydrogens (tertiary/aromatic N) is 2. The van der Waals surface area contributed by atoms with Gasteiger partial charge in [-0.1, -0.05) is 17.7 Å². The van der Waals surface area contributed by atoms with Gasteiger partial charge in [-0.05, 0) is 37.1 Å². The first-order valence-electron chi connectivity index (χ1n) is 5.79. The number of nitrogens with two attached hydrogens (primary N) is 1. The van der Waals surface area contributed by atoms with Crippen molar-refractivity contribution in [1.82, 2.24) is 15.4 Å². The van der Waals surface area contributed by atoms with Gasteiger partial charge in [-0.25, -0.2) is 14.4 Å². The number of aryl methyl sites for hydroxylation is 1. The number of hydrogen-bond donors (Lipinski definition) is 2. The summed E-state index contributed by atoms with van der Waals surface area (Å²) in [6.45, 7) is 1.81. The van der Waals surface area contributed by atoms with Gasteiger partial charge in [-0.2, -0.15) is 0 Å². The zero-order valence-corrected chi connectivity index (χ0v) is 11.2. The third kappa shape index (κ3) is 3.47. The maximum atomic E-state index is 13.0. The van der Waals surface area contributed by atoms with E-state index in [9.17, 15) is 4.39 Å². The van der Waals surface area contributed by atoms with Gasteiger partial charge in [0.25, 0.3) is 0 Å². The molecule has 1 atom stereocenters. The maximum absolute atomic E-state index is 13.0. The van der Waals surface area contributed by atoms with Crippen molar-refractivity contribution >= 4 is 11.6 Å². The molecular weight excluding hydrogens is 267 g/mol. The quantitative estimate of drug-likeness (QED) is 0.666. The molecule has 0 spiro atoms. The van der Waals surface area contributed by atoms with E-state index < -0.39 is 0 Å². The van der Waals surface area contributed by atoms with Crippen LogP contribution in [-0.2, 0) is 6.42 Å². The molecule has 1 aromatic carbocycles. The van der Waals surface area contributed by atoms with Gasteiger partial charge in [0.05, 0.1) is 11.7 Å². The van der Waals surface area contributed by atoms with Crippen molar-refractivity contribution < 1.29 is 4.39 Å². The SMILES string of the molecule is Cc1nccc(C(Cc2ccc(F)cc2Cl)NN)n1. The molecule has 0 bridgehead atoms. The molecule has 4 nitrogen and oxygen atoms in total. The van der Waals surface area contributed by atoms with Crippen LogP contribution in [0.2, 0.25) is 5.02 Å². The van der Waals surface area contributed by atoms with Crippen molar-refractivity contribution in [2.45, 2.75) is 19.4 Å². The number of hydrogen-bond acceptors (Lipinski definition) is 4. The molecule has 6 heteroatoms. The Morgan fingerprint density at radius 1 is 1.42 bits per heavy atom. The fourth-order valence-corrected chi connectivity index (χ4v) is 2.07. The standard InChI is InChI=1S/C13H14ClFN4/c1-8-17-5-4-12(18-8)13(19-16)6-9-2-3-10(15)7-11(9)14/h2-5,7,13,19H,6,16H2,1H3. The van der Waals surface area contributed by atoms with Gasteiger partial charge in [0.1, 0.15) is 11.6 Å². The molecule has 0 fully saturated rings. The Labute approximate surface area is 115 Å². The molecule has 1 heterocycles. The molecule has 0 aliphatic rings. The lowest BCUT2D eigenvalue weighted by Gasteiger charge is -2.16. The van der Waals surface area contributed by atoms with Crippen LogP contribution in [-0.4, -0.2) is 9.97 Å². The fourth-order valence-electron chi connectivity index (χ4n) is 1.82. The van der Waals surface area contributed by atoms with Crippen LogP contribution in [0.4, 0.5) is 4.39 Å². The summed E-state index contributed by atoms with van der Waals surface area (Å²) in [5.74, 6) is 5.87. The maximum Gasteiger partial charge on any atom is 0.125 e. The van der Waals surface area contributed by atoms with Gasteiger partial charge in [0.2, 0.25) is 0 Å². The highest BCUT2D eigenvalue weighted by Crippen LogP contribution is 2.23. The lowest BCUT2D eigenvalue weighted by molar-refractivity contribution is 0.535. The second kappa shape index (κ2) is 6.06. The van der Waals surface area contributed by atoms with Gasteiger partial charge in [-0.3, -0.25) is 11.3 Å². The molecule has 3 N–H and O–H groups in total. The largest absolute Gasteiger partial charge is 0.271 e. The third-order valence-electron chi connectivity index (χ3n) is 2.79. The zero-order chi connectivity index (χ0) is 13.8. The van der Waals surface area contributed by atoms with Crippen LogP contribution in [0.15, 0.2) is 30.5 Å². The van der Waals surface area contributed by atoms with Crippen LogP contribution in [0.3, 0.4) is 0 Å². The summed E-state index contributed by atoms with van der Waals surface area (Å²) >= 11 is 6.01. The van der Waals surface area contributed by atoms with Crippen molar-refractivity contribution in [2.24, 2.45) is 5.84 Å². The Morgan fingerprint density at radius 2 is 2.21 bits per heavy atom. The minimum Gasteiger partial charge on any atom is -0.271 e. The van der Waals surface area contributed by atoms with E-state index in [0.717, 1.165) is 11.3 Å². The predicted molar refractivity (Wildman–Crippen MR) is 71.9 cm³/mol. The molecule has 100 valence electrons. The molecular formula is C13H14ClFN4. The van der Waals surface area contributed by atoms with Crippen LogP contribution in [0.25, 0.3) is 0 Å². The minimum absolute atomic E-state index is 0.204. The van der Waals surface area contributed by atoms with E-state index in [1.807, 2.05) is 6.92 Å². The molecule has 1 unspecified atom stereocenters. The summed E-state index contributed by atoms with van der Waals surface area (Å²) in [5, 5.41) is 0.381. The highest BCUT2D eigenvalue weighted by Gasteiger charge is 2.14. The number of aromatic nitrogens is 2. The van der Waals surface area contributed by atoms with Crippen LogP contribution in [0.1, 0.15) is 23.1 Å². The van der Waals surface area contributed by atoms with Crippen molar-refractivity contribution in [1.29, 1.82) is 0 Å². The van der Waals surface area contributed by atoms with E-state index in [1.54, 1.807) is 18.3 Å². The lowest BCUT2D eigenvalue weighted by Crippen LogP contribution is -2.30. The second-order valence-electron chi connectivity index (χ2n) is 4.19. The van der Waals surface area contributed by atoms with E-state index in [0.29, 0.717) is 17.3 Å². The lowest BCUT2D eigenvalue weighted by atomic mass is 10.0. The number of halogens is 2. The number of rotatable bonds is 4. The Kier molecular flexibility index (Phi) is 4.42. The van der Waals surface area contributed by atoms with E-state index >= 15 is 0 Å². The Balaban J connectivity index is 2.24. The normalized spacial score (nSPS) is 12.4. The van der Waals surface area contributed by atoms with Gasteiger partial charge in [0, 0.05) is 11.2 Å². The summed E-state index contributed by atoms with van der Waals surface area (Å²) in [5.41, 5.74) is 4.27. The summed E-state index contributed by atoms with van der Waals surface area (Å²) in [4.78, 5) is 8.35. The monoisotopic (exact) mass is 280 g/mol.